The van der Waals surface area contributed by atoms with Crippen LogP contribution >= 0.6 is 11.8 Å². The van der Waals surface area contributed by atoms with Crippen LogP contribution in [0.5, 0.6) is 0 Å². The monoisotopic (exact) mass is 520 g/mol. The number of carbonyl (C=O) groups excluding carboxylic acids is 3. The van der Waals surface area contributed by atoms with Crippen molar-refractivity contribution in [3.05, 3.63) is 35.0 Å². The maximum Gasteiger partial charge on any atom is 0.428 e. The molecule has 0 aliphatic carbocycles. The van der Waals surface area contributed by atoms with Crippen molar-refractivity contribution in [2.24, 2.45) is 10.7 Å². The largest absolute Gasteiger partial charge is 0.616 e. The van der Waals surface area contributed by atoms with Crippen LogP contribution in [0.3, 0.4) is 0 Å². The Kier molecular flexibility index (Phi) is 10.7. The van der Waals surface area contributed by atoms with Gasteiger partial charge in [0.2, 0.25) is 0 Å². The molecule has 1 aromatic rings. The summed E-state index contributed by atoms with van der Waals surface area (Å²) in [6.45, 7) is 11.6. The predicted octanol–water partition coefficient (Wildman–Crippen LogP) is 4.44. The molecule has 10 heteroatoms. The van der Waals surface area contributed by atoms with Crippen molar-refractivity contribution >= 4 is 35.4 Å². The summed E-state index contributed by atoms with van der Waals surface area (Å²) in [5.74, 6) is -0.898. The molecule has 3 amide bonds. The topological polar surface area (TPSA) is 125 Å². The van der Waals surface area contributed by atoms with Gasteiger partial charge < -0.3 is 15.7 Å². The van der Waals surface area contributed by atoms with Crippen LogP contribution in [0, 0.1) is 5.21 Å². The van der Waals surface area contributed by atoms with Crippen LogP contribution in [0.25, 0.3) is 0 Å². The van der Waals surface area contributed by atoms with E-state index >= 15 is 0 Å². The molecule has 3 atom stereocenters. The zero-order valence-electron chi connectivity index (χ0n) is 22.3. The zero-order chi connectivity index (χ0) is 27.1. The highest BCUT2D eigenvalue weighted by atomic mass is 32.2. The van der Waals surface area contributed by atoms with Crippen LogP contribution in [-0.2, 0) is 14.3 Å². The highest BCUT2D eigenvalue weighted by Gasteiger charge is 2.51. The van der Waals surface area contributed by atoms with Gasteiger partial charge in [0.15, 0.2) is 5.71 Å². The number of benzene rings is 1. The lowest BCUT2D eigenvalue weighted by atomic mass is 9.96. The maximum atomic E-state index is 13.3. The Balaban J connectivity index is 2.16. The summed E-state index contributed by atoms with van der Waals surface area (Å²) in [6, 6.07) is 7.04. The summed E-state index contributed by atoms with van der Waals surface area (Å²) >= 11 is 1.41. The van der Waals surface area contributed by atoms with Gasteiger partial charge in [-0.15, -0.1) is 11.8 Å². The van der Waals surface area contributed by atoms with Gasteiger partial charge in [0.1, 0.15) is 11.8 Å². The standard InChI is InChI=1S/C26H40N4O5S/c1-7-14-29-23(27)22(24(32)30(34,15-8-2)25(29)33)28-16-18(9-3)19-10-12-20(13-11-19)36-17-21(31)35-26(4,5)6/h10-13,18,23H,7-9,14-17,27H2,1-6H3. The Morgan fingerprint density at radius 3 is 2.36 bits per heavy atom. The average Bonchev–Trinajstić information content (AvgIpc) is 2.81. The minimum Gasteiger partial charge on any atom is -0.616 e. The predicted molar refractivity (Wildman–Crippen MR) is 143 cm³/mol. The third-order valence-corrected chi connectivity index (χ3v) is 6.81. The highest BCUT2D eigenvalue weighted by molar-refractivity contribution is 8.00. The summed E-state index contributed by atoms with van der Waals surface area (Å²) in [4.78, 5) is 44.6. The third-order valence-electron chi connectivity index (χ3n) is 5.82. The van der Waals surface area contributed by atoms with E-state index < -0.39 is 28.4 Å². The van der Waals surface area contributed by atoms with Crippen LogP contribution < -0.4 is 5.73 Å². The Bertz CT molecular complexity index is 960. The van der Waals surface area contributed by atoms with Gasteiger partial charge in [-0.05, 0) is 57.7 Å². The molecule has 0 spiro atoms. The van der Waals surface area contributed by atoms with Crippen LogP contribution in [0.1, 0.15) is 72.3 Å². The fraction of sp³-hybridized carbons (Fsp3) is 0.615. The molecule has 0 aromatic heterocycles. The first-order chi connectivity index (χ1) is 16.9. The third kappa shape index (κ3) is 7.38. The van der Waals surface area contributed by atoms with E-state index in [0.717, 1.165) is 16.9 Å². The van der Waals surface area contributed by atoms with Gasteiger partial charge in [0, 0.05) is 23.9 Å². The van der Waals surface area contributed by atoms with Crippen molar-refractivity contribution in [2.45, 2.75) is 83.4 Å². The number of ether oxygens (including phenoxy) is 1. The summed E-state index contributed by atoms with van der Waals surface area (Å²) in [7, 11) is 0. The molecule has 9 nitrogen and oxygen atoms in total. The Morgan fingerprint density at radius 1 is 1.19 bits per heavy atom. The van der Waals surface area contributed by atoms with Crippen molar-refractivity contribution in [3.63, 3.8) is 0 Å². The minimum atomic E-state index is -1.57. The molecule has 1 aromatic carbocycles. The number of nitrogens with zero attached hydrogens (tertiary/aromatic N) is 3. The number of amides is 3. The number of rotatable bonds is 11. The second-order valence-corrected chi connectivity index (χ2v) is 11.0. The molecule has 1 aliphatic rings. The molecule has 0 saturated carbocycles. The number of urea groups is 1. The smallest absolute Gasteiger partial charge is 0.428 e. The molecule has 2 rings (SSSR count). The fourth-order valence-corrected chi connectivity index (χ4v) is 4.72. The van der Waals surface area contributed by atoms with Gasteiger partial charge in [-0.1, -0.05) is 32.9 Å². The maximum absolute atomic E-state index is 13.3. The molecule has 2 N–H and O–H groups in total. The molecule has 1 aliphatic heterocycles. The number of carbonyl (C=O) groups is 3. The van der Waals surface area contributed by atoms with E-state index in [1.165, 1.54) is 16.7 Å². The first-order valence-electron chi connectivity index (χ1n) is 12.6. The van der Waals surface area contributed by atoms with Gasteiger partial charge in [0.25, 0.3) is 0 Å². The number of hydrogen-bond acceptors (Lipinski definition) is 8. The molecule has 0 bridgehead atoms. The summed E-state index contributed by atoms with van der Waals surface area (Å²) in [6.07, 6.45) is 0.739. The second kappa shape index (κ2) is 12.8. The second-order valence-electron chi connectivity index (χ2n) is 9.96. The number of aliphatic imine (C=N–C) groups is 1. The van der Waals surface area contributed by atoms with Crippen molar-refractivity contribution in [2.75, 3.05) is 25.4 Å². The van der Waals surface area contributed by atoms with E-state index in [1.54, 1.807) is 6.92 Å². The molecule has 36 heavy (non-hydrogen) atoms. The van der Waals surface area contributed by atoms with Crippen molar-refractivity contribution in [1.29, 1.82) is 0 Å². The van der Waals surface area contributed by atoms with Crippen LogP contribution in [0.15, 0.2) is 34.2 Å². The van der Waals surface area contributed by atoms with E-state index in [9.17, 15) is 19.6 Å². The molecule has 1 heterocycles. The lowest BCUT2D eigenvalue weighted by molar-refractivity contribution is -0.722. The van der Waals surface area contributed by atoms with Crippen LogP contribution in [0.4, 0.5) is 4.79 Å². The molecule has 1 fully saturated rings. The number of hydroxylamine groups is 3. The van der Waals surface area contributed by atoms with Gasteiger partial charge in [0.05, 0.1) is 12.3 Å². The first kappa shape index (κ1) is 30.0. The van der Waals surface area contributed by atoms with Gasteiger partial charge >= 0.3 is 17.9 Å². The Hall–Kier alpha value is -2.27. The Morgan fingerprint density at radius 2 is 1.83 bits per heavy atom. The number of esters is 1. The first-order valence-corrected chi connectivity index (χ1v) is 13.6. The van der Waals surface area contributed by atoms with Crippen molar-refractivity contribution in [3.8, 4) is 0 Å². The van der Waals surface area contributed by atoms with E-state index in [0.29, 0.717) is 12.8 Å². The normalized spacial score (nSPS) is 22.7. The van der Waals surface area contributed by atoms with Crippen LogP contribution in [-0.4, -0.2) is 70.3 Å². The van der Waals surface area contributed by atoms with Crippen LogP contribution in [0.2, 0.25) is 0 Å². The summed E-state index contributed by atoms with van der Waals surface area (Å²) < 4.78 is 3.78. The molecule has 0 radical (unpaired) electrons. The SMILES string of the molecule is CCCN1C(=O)[N+]([O-])(CCC)C(=O)C(=NCC(CC)c2ccc(SCC(=O)OC(C)(C)C)cc2)C1N. The lowest BCUT2D eigenvalue weighted by Gasteiger charge is -2.46. The summed E-state index contributed by atoms with van der Waals surface area (Å²) in [5.41, 5.74) is 6.73. The Labute approximate surface area is 218 Å². The van der Waals surface area contributed by atoms with Gasteiger partial charge in [-0.3, -0.25) is 14.7 Å². The molecule has 1 saturated heterocycles. The average molecular weight is 521 g/mol. The highest BCUT2D eigenvalue weighted by Crippen LogP contribution is 2.27. The molecule has 200 valence electrons. The number of nitrogens with two attached hydrogens (primary N) is 1. The number of quaternary nitrogens is 1. The van der Waals surface area contributed by atoms with E-state index in [2.05, 4.69) is 4.99 Å². The lowest BCUT2D eigenvalue weighted by Crippen LogP contribution is -2.72. The fourth-order valence-electron chi connectivity index (χ4n) is 4.05. The quantitative estimate of drug-likeness (QED) is 0.198. The molecular formula is C26H40N4O5S. The van der Waals surface area contributed by atoms with E-state index in [4.69, 9.17) is 10.5 Å². The zero-order valence-corrected chi connectivity index (χ0v) is 23.1. The molecule has 3 unspecified atom stereocenters. The van der Waals surface area contributed by atoms with Crippen molar-refractivity contribution in [1.82, 2.24) is 4.90 Å². The number of imide groups is 1. The van der Waals surface area contributed by atoms with E-state index in [-0.39, 0.29) is 43.0 Å². The van der Waals surface area contributed by atoms with Gasteiger partial charge in [-0.2, -0.15) is 0 Å². The number of thioether (sulfide) groups is 1. The summed E-state index contributed by atoms with van der Waals surface area (Å²) in [5, 5.41) is 13.3. The van der Waals surface area contributed by atoms with Crippen molar-refractivity contribution < 1.29 is 23.8 Å². The number of hydrogen-bond donors (Lipinski definition) is 1. The van der Waals surface area contributed by atoms with Gasteiger partial charge in [-0.25, -0.2) is 14.2 Å². The molecular weight excluding hydrogens is 480 g/mol. The van der Waals surface area contributed by atoms with E-state index in [1.807, 2.05) is 58.9 Å². The minimum absolute atomic E-state index is 0.000568.